The molecule has 4 aromatic rings. The van der Waals surface area contributed by atoms with Crippen LogP contribution in [0.25, 0.3) is 28.1 Å². The number of hydrogen-bond acceptors (Lipinski definition) is 5. The van der Waals surface area contributed by atoms with Gasteiger partial charge in [0.05, 0.1) is 11.2 Å². The zero-order chi connectivity index (χ0) is 29.6. The Hall–Kier alpha value is -4.14. The summed E-state index contributed by atoms with van der Waals surface area (Å²) in [6.45, 7) is 10.2. The molecule has 7 nitrogen and oxygen atoms in total. The number of rotatable bonds is 6. The Kier molecular flexibility index (Phi) is 7.07. The molecule has 1 aliphatic carbocycles. The Balaban J connectivity index is 1.22. The minimum Gasteiger partial charge on any atom is -0.449 e. The van der Waals surface area contributed by atoms with Crippen molar-refractivity contribution in [3.63, 3.8) is 0 Å². The summed E-state index contributed by atoms with van der Waals surface area (Å²) >= 11 is 0. The summed E-state index contributed by atoms with van der Waals surface area (Å²) in [5.41, 5.74) is 6.60. The van der Waals surface area contributed by atoms with Crippen LogP contribution in [0.5, 0.6) is 0 Å². The number of carbonyl (C=O) groups is 1. The number of nitrogens with one attached hydrogen (secondary N) is 2. The molecule has 2 heterocycles. The fraction of sp³-hybridized carbons (Fsp3) is 0.294. The summed E-state index contributed by atoms with van der Waals surface area (Å²) in [6.07, 6.45) is 1.38. The van der Waals surface area contributed by atoms with Crippen LogP contribution in [0.4, 0.5) is 4.79 Å². The van der Waals surface area contributed by atoms with Crippen LogP contribution < -0.4 is 10.7 Å². The van der Waals surface area contributed by atoms with Gasteiger partial charge >= 0.3 is 13.2 Å². The van der Waals surface area contributed by atoms with Crippen LogP contribution in [0.3, 0.4) is 0 Å². The number of aromatic nitrogens is 1. The Morgan fingerprint density at radius 2 is 1.57 bits per heavy atom. The Labute approximate surface area is 246 Å². The number of aromatic amines is 1. The summed E-state index contributed by atoms with van der Waals surface area (Å²) in [7, 11) is -0.684. The second kappa shape index (κ2) is 10.6. The van der Waals surface area contributed by atoms with Crippen LogP contribution in [0.15, 0.2) is 83.1 Å². The quantitative estimate of drug-likeness (QED) is 0.266. The summed E-state index contributed by atoms with van der Waals surface area (Å²) < 4.78 is 18.4. The van der Waals surface area contributed by atoms with E-state index in [1.54, 1.807) is 6.07 Å². The molecule has 0 spiro atoms. The first-order valence-electron chi connectivity index (χ1n) is 14.3. The summed E-state index contributed by atoms with van der Waals surface area (Å²) in [5, 5.41) is 3.50. The Morgan fingerprint density at radius 1 is 0.952 bits per heavy atom. The van der Waals surface area contributed by atoms with Gasteiger partial charge in [0.2, 0.25) is 0 Å². The van der Waals surface area contributed by atoms with Crippen molar-refractivity contribution in [3.8, 4) is 11.1 Å². The summed E-state index contributed by atoms with van der Waals surface area (Å²) in [4.78, 5) is 28.9. The molecule has 42 heavy (non-hydrogen) atoms. The van der Waals surface area contributed by atoms with Crippen molar-refractivity contribution in [1.82, 2.24) is 10.3 Å². The van der Waals surface area contributed by atoms with Crippen LogP contribution in [0, 0.1) is 6.92 Å². The fourth-order valence-corrected chi connectivity index (χ4v) is 5.72. The predicted octanol–water partition coefficient (Wildman–Crippen LogP) is 6.39. The molecule has 2 N–H and O–H groups in total. The molecule has 0 saturated carbocycles. The van der Waals surface area contributed by atoms with E-state index >= 15 is 0 Å². The molecule has 214 valence electrons. The first kappa shape index (κ1) is 28.0. The van der Waals surface area contributed by atoms with E-state index in [1.807, 2.05) is 83.2 Å². The van der Waals surface area contributed by atoms with Crippen molar-refractivity contribution in [1.29, 1.82) is 0 Å². The standard InChI is InChI=1S/C34H35BN2O5/c1-21-16-31(38)28-18-22(14-15-30(28)37-21)17-23(35-41-33(2,3)34(4,5)42-35)19-36-32(39)40-20-29-26-12-8-6-10-24(26)25-11-7-9-13-27(25)29/h6-18,29H,19-20H2,1-5H3,(H,36,39)(H,37,38). The summed E-state index contributed by atoms with van der Waals surface area (Å²) in [5.74, 6) is -0.0272. The molecule has 1 saturated heterocycles. The average Bonchev–Trinajstić information content (AvgIpc) is 3.38. The van der Waals surface area contributed by atoms with Crippen molar-refractivity contribution >= 4 is 30.2 Å². The largest absolute Gasteiger partial charge is 0.492 e. The molecule has 1 aliphatic heterocycles. The minimum atomic E-state index is -0.684. The van der Waals surface area contributed by atoms with Gasteiger partial charge in [0.15, 0.2) is 5.43 Å². The monoisotopic (exact) mass is 562 g/mol. The second-order valence-electron chi connectivity index (χ2n) is 12.1. The number of hydrogen-bond donors (Lipinski definition) is 2. The second-order valence-corrected chi connectivity index (χ2v) is 12.1. The highest BCUT2D eigenvalue weighted by Crippen LogP contribution is 2.44. The van der Waals surface area contributed by atoms with Gasteiger partial charge in [-0.05, 0) is 80.0 Å². The SMILES string of the molecule is Cc1cc(=O)c2cc(C=C(CNC(=O)OCC3c4ccccc4-c4ccccc43)B3OC(C)(C)C(C)(C)O3)ccc2[nH]1. The van der Waals surface area contributed by atoms with E-state index in [0.29, 0.717) is 10.9 Å². The van der Waals surface area contributed by atoms with Gasteiger partial charge in [-0.2, -0.15) is 0 Å². The van der Waals surface area contributed by atoms with Crippen LogP contribution >= 0.6 is 0 Å². The van der Waals surface area contributed by atoms with Crippen LogP contribution in [0.1, 0.15) is 56.0 Å². The molecule has 2 aliphatic rings. The van der Waals surface area contributed by atoms with Gasteiger partial charge in [-0.1, -0.05) is 60.7 Å². The molecule has 0 atom stereocenters. The normalized spacial score (nSPS) is 17.3. The first-order chi connectivity index (χ1) is 20.0. The molecule has 3 aromatic carbocycles. The van der Waals surface area contributed by atoms with Crippen molar-refractivity contribution in [2.45, 2.75) is 51.7 Å². The number of pyridine rings is 1. The number of benzene rings is 3. The lowest BCUT2D eigenvalue weighted by Crippen LogP contribution is -2.41. The van der Waals surface area contributed by atoms with Crippen molar-refractivity contribution in [2.75, 3.05) is 13.2 Å². The van der Waals surface area contributed by atoms with Crippen LogP contribution in [-0.4, -0.2) is 42.5 Å². The van der Waals surface area contributed by atoms with E-state index in [1.165, 1.54) is 11.1 Å². The Morgan fingerprint density at radius 3 is 2.21 bits per heavy atom. The average molecular weight is 562 g/mol. The van der Waals surface area contributed by atoms with Crippen molar-refractivity contribution < 1.29 is 18.8 Å². The molecular formula is C34H35BN2O5. The molecule has 8 heteroatoms. The van der Waals surface area contributed by atoms with E-state index < -0.39 is 24.4 Å². The van der Waals surface area contributed by atoms with Gasteiger partial charge in [-0.3, -0.25) is 4.79 Å². The highest BCUT2D eigenvalue weighted by molar-refractivity contribution is 6.56. The maximum atomic E-state index is 13.0. The van der Waals surface area contributed by atoms with Gasteiger partial charge in [0.1, 0.15) is 6.61 Å². The molecular weight excluding hydrogens is 527 g/mol. The van der Waals surface area contributed by atoms with E-state index in [-0.39, 0.29) is 24.5 Å². The lowest BCUT2D eigenvalue weighted by molar-refractivity contribution is 0.00578. The van der Waals surface area contributed by atoms with Gasteiger partial charge in [0, 0.05) is 35.1 Å². The first-order valence-corrected chi connectivity index (χ1v) is 14.3. The van der Waals surface area contributed by atoms with Crippen molar-refractivity contribution in [2.24, 2.45) is 0 Å². The fourth-order valence-electron chi connectivity index (χ4n) is 5.72. The van der Waals surface area contributed by atoms with E-state index in [0.717, 1.165) is 27.9 Å². The van der Waals surface area contributed by atoms with Crippen LogP contribution in [0.2, 0.25) is 0 Å². The molecule has 6 rings (SSSR count). The number of carbonyl (C=O) groups excluding carboxylic acids is 1. The lowest BCUT2D eigenvalue weighted by atomic mass is 9.77. The number of alkyl carbamates (subject to hydrolysis) is 1. The smallest absolute Gasteiger partial charge is 0.449 e. The van der Waals surface area contributed by atoms with Gasteiger partial charge in [-0.25, -0.2) is 4.79 Å². The van der Waals surface area contributed by atoms with Gasteiger partial charge < -0.3 is 24.3 Å². The third-order valence-electron chi connectivity index (χ3n) is 8.68. The van der Waals surface area contributed by atoms with E-state index in [9.17, 15) is 9.59 Å². The Bertz CT molecular complexity index is 1710. The van der Waals surface area contributed by atoms with Gasteiger partial charge in [-0.15, -0.1) is 0 Å². The number of fused-ring (bicyclic) bond motifs is 4. The zero-order valence-corrected chi connectivity index (χ0v) is 24.6. The third kappa shape index (κ3) is 5.17. The highest BCUT2D eigenvalue weighted by Gasteiger charge is 2.52. The third-order valence-corrected chi connectivity index (χ3v) is 8.68. The topological polar surface area (TPSA) is 89.7 Å². The maximum absolute atomic E-state index is 13.0. The molecule has 1 fully saturated rings. The van der Waals surface area contributed by atoms with E-state index in [2.05, 4.69) is 34.6 Å². The van der Waals surface area contributed by atoms with Crippen molar-refractivity contribution in [3.05, 3.63) is 111 Å². The van der Waals surface area contributed by atoms with E-state index in [4.69, 9.17) is 14.0 Å². The predicted molar refractivity (Wildman–Crippen MR) is 166 cm³/mol. The molecule has 0 radical (unpaired) electrons. The maximum Gasteiger partial charge on any atom is 0.492 e. The number of H-pyrrole nitrogens is 1. The molecule has 0 unspecified atom stereocenters. The van der Waals surface area contributed by atoms with Crippen LogP contribution in [-0.2, 0) is 14.0 Å². The molecule has 1 amide bonds. The minimum absolute atomic E-state index is 0.0272. The number of aryl methyl sites for hydroxylation is 1. The highest BCUT2D eigenvalue weighted by atomic mass is 16.7. The molecule has 1 aromatic heterocycles. The number of ether oxygens (including phenoxy) is 1. The molecule has 0 bridgehead atoms. The summed E-state index contributed by atoms with van der Waals surface area (Å²) in [6, 6.07) is 23.7. The van der Waals surface area contributed by atoms with Gasteiger partial charge in [0.25, 0.3) is 0 Å². The zero-order valence-electron chi connectivity index (χ0n) is 24.6. The number of amides is 1. The lowest BCUT2D eigenvalue weighted by Gasteiger charge is -2.32.